The van der Waals surface area contributed by atoms with Crippen LogP contribution in [0.3, 0.4) is 0 Å². The van der Waals surface area contributed by atoms with Crippen molar-refractivity contribution in [3.05, 3.63) is 35.9 Å². The molecule has 0 bridgehead atoms. The summed E-state index contributed by atoms with van der Waals surface area (Å²) in [5, 5.41) is 19.3. The van der Waals surface area contributed by atoms with Gasteiger partial charge >= 0.3 is 0 Å². The van der Waals surface area contributed by atoms with Gasteiger partial charge < -0.3 is 5.11 Å². The number of benzene rings is 1. The van der Waals surface area contributed by atoms with Gasteiger partial charge in [0.15, 0.2) is 0 Å². The van der Waals surface area contributed by atoms with E-state index in [0.29, 0.717) is 5.56 Å². The molecule has 1 aromatic rings. The first-order valence-corrected chi connectivity index (χ1v) is 3.16. The van der Waals surface area contributed by atoms with Gasteiger partial charge in [0, 0.05) is 0 Å². The Hall–Kier alpha value is -0.860. The maximum atomic E-state index is 10.8. The van der Waals surface area contributed by atoms with E-state index >= 15 is 0 Å². The van der Waals surface area contributed by atoms with Gasteiger partial charge in [0.1, 0.15) is 6.10 Å². The Labute approximate surface area is 59.7 Å². The molecule has 0 aliphatic carbocycles. The van der Waals surface area contributed by atoms with E-state index in [1.807, 2.05) is 6.07 Å². The molecule has 1 unspecified atom stereocenters. The van der Waals surface area contributed by atoms with Crippen molar-refractivity contribution in [3.63, 3.8) is 0 Å². The third kappa shape index (κ3) is 1.56. The number of aliphatic hydroxyl groups is 1. The van der Waals surface area contributed by atoms with Crippen molar-refractivity contribution in [2.75, 3.05) is 6.61 Å². The molecule has 1 atom stereocenters. The minimum absolute atomic E-state index is 0.329. The topological polar surface area (TPSA) is 40.1 Å². The monoisotopic (exact) mass is 137 g/mol. The highest BCUT2D eigenvalue weighted by molar-refractivity contribution is 5.16. The van der Waals surface area contributed by atoms with E-state index in [0.717, 1.165) is 0 Å². The molecule has 0 amide bonds. The molecule has 1 aromatic carbocycles. The molecule has 0 heterocycles. The molecular weight excluding hydrogens is 128 g/mol. The average Bonchev–Trinajstić information content (AvgIpc) is 2.05. The van der Waals surface area contributed by atoms with Crippen LogP contribution in [-0.2, 0) is 5.11 Å². The Morgan fingerprint density at radius 2 is 1.90 bits per heavy atom. The summed E-state index contributed by atoms with van der Waals surface area (Å²) in [6, 6.07) is 8.85. The Balaban J connectivity index is 2.75. The van der Waals surface area contributed by atoms with Gasteiger partial charge in [-0.15, -0.1) is 0 Å². The minimum Gasteiger partial charge on any atom is -0.393 e. The highest BCUT2D eigenvalue weighted by Gasteiger charge is 2.04. The van der Waals surface area contributed by atoms with E-state index in [-0.39, 0.29) is 6.61 Å². The molecule has 2 nitrogen and oxygen atoms in total. The highest BCUT2D eigenvalue weighted by Crippen LogP contribution is 2.10. The lowest BCUT2D eigenvalue weighted by molar-refractivity contribution is 0.0341. The fourth-order valence-corrected chi connectivity index (χ4v) is 0.773. The molecule has 0 saturated heterocycles. The maximum Gasteiger partial charge on any atom is 0.141 e. The van der Waals surface area contributed by atoms with Crippen molar-refractivity contribution in [2.24, 2.45) is 0 Å². The summed E-state index contributed by atoms with van der Waals surface area (Å²) in [6.07, 6.45) is -0.985. The van der Waals surface area contributed by atoms with Gasteiger partial charge in [-0.3, -0.25) is 0 Å². The summed E-state index contributed by atoms with van der Waals surface area (Å²) in [5.74, 6) is 0. The second-order valence-corrected chi connectivity index (χ2v) is 2.08. The second kappa shape index (κ2) is 3.34. The average molecular weight is 137 g/mol. The van der Waals surface area contributed by atoms with Gasteiger partial charge in [-0.1, -0.05) is 30.3 Å². The lowest BCUT2D eigenvalue weighted by Gasteiger charge is -2.02. The van der Waals surface area contributed by atoms with Gasteiger partial charge in [0.05, 0.1) is 6.61 Å². The summed E-state index contributed by atoms with van der Waals surface area (Å²) >= 11 is 0. The third-order valence-corrected chi connectivity index (χ3v) is 1.34. The van der Waals surface area contributed by atoms with Crippen molar-refractivity contribution in [2.45, 2.75) is 6.10 Å². The van der Waals surface area contributed by atoms with Crippen LogP contribution < -0.4 is 0 Å². The molecule has 0 spiro atoms. The zero-order chi connectivity index (χ0) is 7.40. The first-order valence-electron chi connectivity index (χ1n) is 3.16. The molecule has 53 valence electrons. The van der Waals surface area contributed by atoms with Crippen molar-refractivity contribution in [1.29, 1.82) is 0 Å². The van der Waals surface area contributed by atoms with Crippen LogP contribution in [0.2, 0.25) is 0 Å². The van der Waals surface area contributed by atoms with Crippen LogP contribution in [-0.4, -0.2) is 11.7 Å². The van der Waals surface area contributed by atoms with Crippen molar-refractivity contribution < 1.29 is 10.2 Å². The van der Waals surface area contributed by atoms with Crippen LogP contribution in [0.1, 0.15) is 11.7 Å². The fraction of sp³-hybridized carbons (Fsp3) is 0.250. The van der Waals surface area contributed by atoms with Crippen molar-refractivity contribution in [3.8, 4) is 0 Å². The SMILES string of the molecule is [O]C(CO)c1ccccc1. The molecule has 0 aliphatic heterocycles. The molecule has 10 heavy (non-hydrogen) atoms. The van der Waals surface area contributed by atoms with Gasteiger partial charge in [0.2, 0.25) is 0 Å². The van der Waals surface area contributed by atoms with E-state index in [4.69, 9.17) is 5.11 Å². The first-order chi connectivity index (χ1) is 4.84. The predicted molar refractivity (Wildman–Crippen MR) is 37.0 cm³/mol. The molecule has 1 N–H and O–H groups in total. The minimum atomic E-state index is -0.985. The zero-order valence-electron chi connectivity index (χ0n) is 5.53. The number of hydrogen-bond donors (Lipinski definition) is 1. The van der Waals surface area contributed by atoms with E-state index in [1.165, 1.54) is 0 Å². The van der Waals surface area contributed by atoms with Crippen molar-refractivity contribution in [1.82, 2.24) is 0 Å². The molecule has 1 rings (SSSR count). The molecular formula is C8H9O2. The zero-order valence-corrected chi connectivity index (χ0v) is 5.53. The second-order valence-electron chi connectivity index (χ2n) is 2.08. The van der Waals surface area contributed by atoms with E-state index in [2.05, 4.69) is 0 Å². The molecule has 0 saturated carbocycles. The van der Waals surface area contributed by atoms with Gasteiger partial charge in [0.25, 0.3) is 0 Å². The Bertz CT molecular complexity index is 184. The first kappa shape index (κ1) is 7.25. The summed E-state index contributed by atoms with van der Waals surface area (Å²) in [6.45, 7) is -0.329. The molecule has 2 heteroatoms. The van der Waals surface area contributed by atoms with Crippen LogP contribution in [0, 0.1) is 0 Å². The lowest BCUT2D eigenvalue weighted by atomic mass is 10.1. The molecule has 0 aliphatic rings. The van der Waals surface area contributed by atoms with E-state index in [9.17, 15) is 5.11 Å². The van der Waals surface area contributed by atoms with Gasteiger partial charge in [-0.05, 0) is 5.56 Å². The Kier molecular flexibility index (Phi) is 2.42. The summed E-state index contributed by atoms with van der Waals surface area (Å²) < 4.78 is 0. The highest BCUT2D eigenvalue weighted by atomic mass is 16.3. The third-order valence-electron chi connectivity index (χ3n) is 1.34. The van der Waals surface area contributed by atoms with Crippen LogP contribution in [0.5, 0.6) is 0 Å². The molecule has 1 radical (unpaired) electrons. The van der Waals surface area contributed by atoms with Crippen molar-refractivity contribution >= 4 is 0 Å². The smallest absolute Gasteiger partial charge is 0.141 e. The van der Waals surface area contributed by atoms with Gasteiger partial charge in [-0.2, -0.15) is 0 Å². The van der Waals surface area contributed by atoms with Crippen LogP contribution in [0.15, 0.2) is 30.3 Å². The van der Waals surface area contributed by atoms with E-state index in [1.54, 1.807) is 24.3 Å². The van der Waals surface area contributed by atoms with Gasteiger partial charge in [-0.25, -0.2) is 5.11 Å². The number of rotatable bonds is 2. The number of aliphatic hydroxyl groups excluding tert-OH is 1. The largest absolute Gasteiger partial charge is 0.393 e. The van der Waals surface area contributed by atoms with E-state index < -0.39 is 6.10 Å². The van der Waals surface area contributed by atoms with Crippen LogP contribution in [0.4, 0.5) is 0 Å². The standard InChI is InChI=1S/C8H9O2/c9-6-8(10)7-4-2-1-3-5-7/h1-5,8-9H,6H2. The molecule has 0 aromatic heterocycles. The fourth-order valence-electron chi connectivity index (χ4n) is 0.773. The Morgan fingerprint density at radius 3 is 2.40 bits per heavy atom. The predicted octanol–water partition coefficient (Wildman–Crippen LogP) is 1.15. The number of hydrogen-bond acceptors (Lipinski definition) is 1. The summed E-state index contributed by atoms with van der Waals surface area (Å²) in [4.78, 5) is 0. The summed E-state index contributed by atoms with van der Waals surface area (Å²) in [7, 11) is 0. The lowest BCUT2D eigenvalue weighted by Crippen LogP contribution is -1.99. The summed E-state index contributed by atoms with van der Waals surface area (Å²) in [5.41, 5.74) is 0.644. The maximum absolute atomic E-state index is 10.8. The van der Waals surface area contributed by atoms with Crippen LogP contribution in [0.25, 0.3) is 0 Å². The quantitative estimate of drug-likeness (QED) is 0.652. The Morgan fingerprint density at radius 1 is 1.30 bits per heavy atom. The molecule has 0 fully saturated rings. The van der Waals surface area contributed by atoms with Crippen LogP contribution >= 0.6 is 0 Å². The normalized spacial score (nSPS) is 13.0.